The van der Waals surface area contributed by atoms with Crippen molar-refractivity contribution in [2.75, 3.05) is 30.3 Å². The van der Waals surface area contributed by atoms with Gasteiger partial charge >= 0.3 is 0 Å². The molecule has 1 aliphatic rings. The third kappa shape index (κ3) is 2.22. The van der Waals surface area contributed by atoms with Crippen molar-refractivity contribution >= 4 is 17.4 Å². The molecule has 0 amide bonds. The highest BCUT2D eigenvalue weighted by Gasteiger charge is 2.18. The van der Waals surface area contributed by atoms with Crippen LogP contribution in [0.15, 0.2) is 30.3 Å². The third-order valence-electron chi connectivity index (χ3n) is 2.52. The molecule has 3 heteroatoms. The summed E-state index contributed by atoms with van der Waals surface area (Å²) in [5.41, 5.74) is 7.02. The molecular formula is C11H16N2S. The van der Waals surface area contributed by atoms with Gasteiger partial charge < -0.3 is 10.6 Å². The summed E-state index contributed by atoms with van der Waals surface area (Å²) in [7, 11) is 0. The monoisotopic (exact) mass is 208 g/mol. The molecule has 76 valence electrons. The minimum atomic E-state index is 0.601. The van der Waals surface area contributed by atoms with Crippen LogP contribution in [-0.4, -0.2) is 30.6 Å². The van der Waals surface area contributed by atoms with Crippen molar-refractivity contribution in [3.63, 3.8) is 0 Å². The van der Waals surface area contributed by atoms with Gasteiger partial charge in [-0.05, 0) is 12.1 Å². The van der Waals surface area contributed by atoms with Gasteiger partial charge in [0, 0.05) is 36.3 Å². The van der Waals surface area contributed by atoms with Crippen LogP contribution in [0.4, 0.5) is 5.69 Å². The average Bonchev–Trinajstić information content (AvgIpc) is 2.30. The van der Waals surface area contributed by atoms with Crippen molar-refractivity contribution in [1.29, 1.82) is 0 Å². The molecule has 0 spiro atoms. The molecule has 0 aliphatic carbocycles. The molecule has 1 unspecified atom stereocenters. The van der Waals surface area contributed by atoms with Gasteiger partial charge in [0.25, 0.3) is 0 Å². The molecule has 2 rings (SSSR count). The Labute approximate surface area is 89.5 Å². The number of hydrogen-bond acceptors (Lipinski definition) is 3. The summed E-state index contributed by atoms with van der Waals surface area (Å²) >= 11 is 1.99. The van der Waals surface area contributed by atoms with Crippen LogP contribution in [0.25, 0.3) is 0 Å². The van der Waals surface area contributed by atoms with E-state index in [2.05, 4.69) is 35.2 Å². The fourth-order valence-electron chi connectivity index (χ4n) is 1.74. The van der Waals surface area contributed by atoms with Gasteiger partial charge in [-0.3, -0.25) is 0 Å². The Morgan fingerprint density at radius 1 is 1.36 bits per heavy atom. The highest BCUT2D eigenvalue weighted by Crippen LogP contribution is 2.22. The summed E-state index contributed by atoms with van der Waals surface area (Å²) in [6, 6.07) is 10.6. The van der Waals surface area contributed by atoms with E-state index in [4.69, 9.17) is 5.73 Å². The maximum atomic E-state index is 5.70. The van der Waals surface area contributed by atoms with Crippen LogP contribution in [0.2, 0.25) is 0 Å². The second kappa shape index (κ2) is 4.71. The van der Waals surface area contributed by atoms with Crippen molar-refractivity contribution in [3.8, 4) is 0 Å². The SMILES string of the molecule is NCC1CN(c2ccccc2)CCS1. The minimum absolute atomic E-state index is 0.601. The van der Waals surface area contributed by atoms with Gasteiger partial charge in [0.15, 0.2) is 0 Å². The lowest BCUT2D eigenvalue weighted by Crippen LogP contribution is -2.40. The van der Waals surface area contributed by atoms with Crippen LogP contribution in [-0.2, 0) is 0 Å². The number of hydrogen-bond donors (Lipinski definition) is 1. The molecule has 1 heterocycles. The van der Waals surface area contributed by atoms with Gasteiger partial charge in [-0.2, -0.15) is 11.8 Å². The average molecular weight is 208 g/mol. The summed E-state index contributed by atoms with van der Waals surface area (Å²) in [6.07, 6.45) is 0. The van der Waals surface area contributed by atoms with Crippen molar-refractivity contribution in [1.82, 2.24) is 0 Å². The van der Waals surface area contributed by atoms with E-state index in [9.17, 15) is 0 Å². The Bertz CT molecular complexity index is 276. The normalized spacial score (nSPS) is 22.4. The summed E-state index contributed by atoms with van der Waals surface area (Å²) in [5.74, 6) is 1.19. The van der Waals surface area contributed by atoms with E-state index < -0.39 is 0 Å². The molecule has 0 bridgehead atoms. The van der Waals surface area contributed by atoms with Gasteiger partial charge in [0.1, 0.15) is 0 Å². The van der Waals surface area contributed by atoms with Gasteiger partial charge in [-0.1, -0.05) is 18.2 Å². The standard InChI is InChI=1S/C11H16N2S/c12-8-11-9-13(6-7-14-11)10-4-2-1-3-5-10/h1-5,11H,6-9,12H2. The van der Waals surface area contributed by atoms with Gasteiger partial charge in [0.2, 0.25) is 0 Å². The zero-order chi connectivity index (χ0) is 9.80. The van der Waals surface area contributed by atoms with Crippen LogP contribution in [0.3, 0.4) is 0 Å². The fraction of sp³-hybridized carbons (Fsp3) is 0.455. The molecule has 1 atom stereocenters. The molecule has 0 radical (unpaired) electrons. The molecule has 1 aromatic carbocycles. The van der Waals surface area contributed by atoms with E-state index in [-0.39, 0.29) is 0 Å². The fourth-order valence-corrected chi connectivity index (χ4v) is 2.82. The summed E-state index contributed by atoms with van der Waals surface area (Å²) in [6.45, 7) is 3.02. The third-order valence-corrected chi connectivity index (χ3v) is 3.75. The summed E-state index contributed by atoms with van der Waals surface area (Å²) < 4.78 is 0. The van der Waals surface area contributed by atoms with Crippen LogP contribution >= 0.6 is 11.8 Å². The van der Waals surface area contributed by atoms with E-state index in [1.54, 1.807) is 0 Å². The van der Waals surface area contributed by atoms with Gasteiger partial charge in [-0.25, -0.2) is 0 Å². The zero-order valence-electron chi connectivity index (χ0n) is 8.23. The molecule has 2 nitrogen and oxygen atoms in total. The van der Waals surface area contributed by atoms with Crippen LogP contribution in [0, 0.1) is 0 Å². The first kappa shape index (κ1) is 9.87. The molecule has 1 fully saturated rings. The molecular weight excluding hydrogens is 192 g/mol. The lowest BCUT2D eigenvalue weighted by atomic mass is 10.2. The Hall–Kier alpha value is -0.670. The van der Waals surface area contributed by atoms with Gasteiger partial charge in [-0.15, -0.1) is 0 Å². The van der Waals surface area contributed by atoms with Crippen LogP contribution in [0.1, 0.15) is 0 Å². The quantitative estimate of drug-likeness (QED) is 0.800. The lowest BCUT2D eigenvalue weighted by molar-refractivity contribution is 0.749. The highest BCUT2D eigenvalue weighted by atomic mass is 32.2. The molecule has 1 aromatic rings. The molecule has 1 aliphatic heterocycles. The highest BCUT2D eigenvalue weighted by molar-refractivity contribution is 8.00. The van der Waals surface area contributed by atoms with E-state index in [1.807, 2.05) is 11.8 Å². The number of nitrogens with zero attached hydrogens (tertiary/aromatic N) is 1. The molecule has 0 saturated carbocycles. The van der Waals surface area contributed by atoms with Crippen molar-refractivity contribution in [3.05, 3.63) is 30.3 Å². The first-order chi connectivity index (χ1) is 6.90. The first-order valence-electron chi connectivity index (χ1n) is 5.02. The second-order valence-corrected chi connectivity index (χ2v) is 4.92. The van der Waals surface area contributed by atoms with Crippen molar-refractivity contribution in [2.24, 2.45) is 5.73 Å². The van der Waals surface area contributed by atoms with Crippen molar-refractivity contribution < 1.29 is 0 Å². The largest absolute Gasteiger partial charge is 0.370 e. The Morgan fingerprint density at radius 3 is 2.86 bits per heavy atom. The summed E-state index contributed by atoms with van der Waals surface area (Å²) in [4.78, 5) is 2.42. The van der Waals surface area contributed by atoms with Gasteiger partial charge in [0.05, 0.1) is 0 Å². The number of nitrogens with two attached hydrogens (primary N) is 1. The number of para-hydroxylation sites is 1. The Morgan fingerprint density at radius 2 is 2.14 bits per heavy atom. The number of anilines is 1. The Kier molecular flexibility index (Phi) is 3.32. The maximum absolute atomic E-state index is 5.70. The zero-order valence-corrected chi connectivity index (χ0v) is 9.04. The topological polar surface area (TPSA) is 29.3 Å². The van der Waals surface area contributed by atoms with E-state index in [1.165, 1.54) is 11.4 Å². The summed E-state index contributed by atoms with van der Waals surface area (Å²) in [5, 5.41) is 0.601. The molecule has 0 aromatic heterocycles. The predicted octanol–water partition coefficient (Wildman–Crippen LogP) is 1.57. The van der Waals surface area contributed by atoms with E-state index in [0.717, 1.165) is 19.6 Å². The molecule has 1 saturated heterocycles. The number of benzene rings is 1. The van der Waals surface area contributed by atoms with Crippen LogP contribution in [0.5, 0.6) is 0 Å². The van der Waals surface area contributed by atoms with Crippen LogP contribution < -0.4 is 10.6 Å². The lowest BCUT2D eigenvalue weighted by Gasteiger charge is -2.33. The first-order valence-corrected chi connectivity index (χ1v) is 6.06. The van der Waals surface area contributed by atoms with Crippen molar-refractivity contribution in [2.45, 2.75) is 5.25 Å². The smallest absolute Gasteiger partial charge is 0.0366 e. The molecule has 14 heavy (non-hydrogen) atoms. The van der Waals surface area contributed by atoms with E-state index in [0.29, 0.717) is 5.25 Å². The van der Waals surface area contributed by atoms with E-state index >= 15 is 0 Å². The number of thioether (sulfide) groups is 1. The minimum Gasteiger partial charge on any atom is -0.370 e. The maximum Gasteiger partial charge on any atom is 0.0366 e. The second-order valence-electron chi connectivity index (χ2n) is 3.51. The Balaban J connectivity index is 2.04. The molecule has 2 N–H and O–H groups in total. The predicted molar refractivity (Wildman–Crippen MR) is 64.0 cm³/mol. The number of rotatable bonds is 2.